The Hall–Kier alpha value is -1.32. The molecule has 1 aromatic rings. The Labute approximate surface area is 110 Å². The average molecular weight is 249 g/mol. The fourth-order valence-corrected chi connectivity index (χ4v) is 1.94. The molecule has 0 amide bonds. The van der Waals surface area contributed by atoms with Crippen molar-refractivity contribution < 1.29 is 9.84 Å². The van der Waals surface area contributed by atoms with Crippen LogP contribution in [0.15, 0.2) is 36.9 Å². The maximum Gasteiger partial charge on any atom is 0.0807 e. The maximum absolute atomic E-state index is 10.1. The summed E-state index contributed by atoms with van der Waals surface area (Å²) in [6.07, 6.45) is 2.16. The van der Waals surface area contributed by atoms with Crippen molar-refractivity contribution in [2.75, 3.05) is 31.7 Å². The summed E-state index contributed by atoms with van der Waals surface area (Å²) >= 11 is 0. The molecule has 0 heterocycles. The lowest BCUT2D eigenvalue weighted by atomic mass is 10.0. The van der Waals surface area contributed by atoms with Crippen molar-refractivity contribution in [2.24, 2.45) is 0 Å². The van der Waals surface area contributed by atoms with Gasteiger partial charge in [0.2, 0.25) is 0 Å². The lowest BCUT2D eigenvalue weighted by molar-refractivity contribution is 0.173. The van der Waals surface area contributed by atoms with Crippen molar-refractivity contribution in [1.82, 2.24) is 0 Å². The van der Waals surface area contributed by atoms with E-state index in [2.05, 4.69) is 11.5 Å². The first-order valence-corrected chi connectivity index (χ1v) is 6.36. The van der Waals surface area contributed by atoms with Gasteiger partial charge in [-0.3, -0.25) is 0 Å². The Morgan fingerprint density at radius 2 is 2.17 bits per heavy atom. The fraction of sp³-hybridized carbons (Fsp3) is 0.467. The van der Waals surface area contributed by atoms with E-state index in [1.54, 1.807) is 7.11 Å². The number of aliphatic hydroxyl groups is 1. The number of aliphatic hydroxyl groups excluding tert-OH is 1. The van der Waals surface area contributed by atoms with E-state index in [-0.39, 0.29) is 0 Å². The van der Waals surface area contributed by atoms with E-state index in [1.807, 2.05) is 37.3 Å². The summed E-state index contributed by atoms with van der Waals surface area (Å²) in [5.41, 5.74) is 2.03. The van der Waals surface area contributed by atoms with Gasteiger partial charge in [-0.05, 0) is 12.5 Å². The molecule has 0 saturated carbocycles. The summed E-state index contributed by atoms with van der Waals surface area (Å²) in [7, 11) is 1.69. The zero-order chi connectivity index (χ0) is 13.4. The molecule has 0 aliphatic carbocycles. The van der Waals surface area contributed by atoms with Gasteiger partial charge in [0.05, 0.1) is 12.7 Å². The van der Waals surface area contributed by atoms with Crippen LogP contribution < -0.4 is 4.90 Å². The smallest absolute Gasteiger partial charge is 0.0807 e. The van der Waals surface area contributed by atoms with Gasteiger partial charge in [0, 0.05) is 31.5 Å². The Balaban J connectivity index is 2.98. The highest BCUT2D eigenvalue weighted by atomic mass is 16.5. The Kier molecular flexibility index (Phi) is 6.47. The zero-order valence-electron chi connectivity index (χ0n) is 11.3. The Morgan fingerprint density at radius 3 is 2.78 bits per heavy atom. The molecule has 18 heavy (non-hydrogen) atoms. The molecule has 1 rings (SSSR count). The van der Waals surface area contributed by atoms with Gasteiger partial charge in [-0.15, -0.1) is 6.58 Å². The van der Waals surface area contributed by atoms with Crippen molar-refractivity contribution in [3.63, 3.8) is 0 Å². The number of rotatable bonds is 8. The molecule has 0 spiro atoms. The van der Waals surface area contributed by atoms with Crippen LogP contribution in [0.5, 0.6) is 0 Å². The standard InChI is InChI=1S/C15H23NO2/c1-4-10-16(11-12-18-3)14-9-7-6-8-13(14)15(17)5-2/h4,6-9,15,17H,1,5,10-12H2,2-3H3/t15-/m1/s1. The molecule has 1 aromatic carbocycles. The second-order valence-corrected chi connectivity index (χ2v) is 4.21. The largest absolute Gasteiger partial charge is 0.388 e. The van der Waals surface area contributed by atoms with Crippen molar-refractivity contribution in [3.05, 3.63) is 42.5 Å². The first-order valence-electron chi connectivity index (χ1n) is 6.36. The van der Waals surface area contributed by atoms with Crippen LogP contribution in [0.3, 0.4) is 0 Å². The van der Waals surface area contributed by atoms with Gasteiger partial charge in [-0.25, -0.2) is 0 Å². The summed E-state index contributed by atoms with van der Waals surface area (Å²) in [5, 5.41) is 10.1. The number of nitrogens with zero attached hydrogens (tertiary/aromatic N) is 1. The van der Waals surface area contributed by atoms with E-state index in [4.69, 9.17) is 4.74 Å². The molecule has 0 radical (unpaired) electrons. The van der Waals surface area contributed by atoms with Crippen LogP contribution in [-0.2, 0) is 4.74 Å². The van der Waals surface area contributed by atoms with Crippen LogP contribution >= 0.6 is 0 Å². The first-order chi connectivity index (χ1) is 8.74. The quantitative estimate of drug-likeness (QED) is 0.719. The zero-order valence-corrected chi connectivity index (χ0v) is 11.3. The van der Waals surface area contributed by atoms with Crippen LogP contribution in [0.25, 0.3) is 0 Å². The molecule has 3 nitrogen and oxygen atoms in total. The lowest BCUT2D eigenvalue weighted by Crippen LogP contribution is -2.28. The third-order valence-electron chi connectivity index (χ3n) is 2.94. The molecule has 0 fully saturated rings. The van der Waals surface area contributed by atoms with E-state index in [9.17, 15) is 5.11 Å². The Morgan fingerprint density at radius 1 is 1.44 bits per heavy atom. The number of hydrogen-bond donors (Lipinski definition) is 1. The number of ether oxygens (including phenoxy) is 1. The molecular formula is C15H23NO2. The number of hydrogen-bond acceptors (Lipinski definition) is 3. The Bertz CT molecular complexity index is 365. The van der Waals surface area contributed by atoms with Gasteiger partial charge in [-0.1, -0.05) is 31.2 Å². The summed E-state index contributed by atoms with van der Waals surface area (Å²) in [4.78, 5) is 2.17. The van der Waals surface area contributed by atoms with Gasteiger partial charge in [-0.2, -0.15) is 0 Å². The van der Waals surface area contributed by atoms with Crippen LogP contribution in [-0.4, -0.2) is 31.9 Å². The number of para-hydroxylation sites is 1. The van der Waals surface area contributed by atoms with E-state index < -0.39 is 6.10 Å². The molecule has 0 bridgehead atoms. The fourth-order valence-electron chi connectivity index (χ4n) is 1.94. The van der Waals surface area contributed by atoms with E-state index in [0.717, 1.165) is 24.3 Å². The summed E-state index contributed by atoms with van der Waals surface area (Å²) < 4.78 is 5.13. The lowest BCUT2D eigenvalue weighted by Gasteiger charge is -2.27. The highest BCUT2D eigenvalue weighted by Gasteiger charge is 2.14. The minimum absolute atomic E-state index is 0.420. The van der Waals surface area contributed by atoms with Crippen LogP contribution in [0.2, 0.25) is 0 Å². The molecule has 0 saturated heterocycles. The number of methoxy groups -OCH3 is 1. The van der Waals surface area contributed by atoms with Gasteiger partial charge in [0.25, 0.3) is 0 Å². The normalized spacial score (nSPS) is 12.2. The third-order valence-corrected chi connectivity index (χ3v) is 2.94. The molecule has 0 aliphatic rings. The van der Waals surface area contributed by atoms with Crippen LogP contribution in [0, 0.1) is 0 Å². The van der Waals surface area contributed by atoms with Crippen LogP contribution in [0.4, 0.5) is 5.69 Å². The van der Waals surface area contributed by atoms with Crippen LogP contribution in [0.1, 0.15) is 25.0 Å². The predicted molar refractivity (Wildman–Crippen MR) is 76.0 cm³/mol. The molecule has 3 heteroatoms. The molecule has 0 aromatic heterocycles. The van der Waals surface area contributed by atoms with Gasteiger partial charge < -0.3 is 14.7 Å². The second kappa shape index (κ2) is 7.90. The van der Waals surface area contributed by atoms with Gasteiger partial charge in [0.15, 0.2) is 0 Å². The van der Waals surface area contributed by atoms with E-state index in [1.165, 1.54) is 0 Å². The second-order valence-electron chi connectivity index (χ2n) is 4.21. The van der Waals surface area contributed by atoms with Gasteiger partial charge in [0.1, 0.15) is 0 Å². The van der Waals surface area contributed by atoms with Gasteiger partial charge >= 0.3 is 0 Å². The van der Waals surface area contributed by atoms with Crippen molar-refractivity contribution >= 4 is 5.69 Å². The average Bonchev–Trinajstić information content (AvgIpc) is 2.42. The molecule has 100 valence electrons. The summed E-state index contributed by atoms with van der Waals surface area (Å²) in [6, 6.07) is 7.96. The highest BCUT2D eigenvalue weighted by molar-refractivity contribution is 5.55. The molecule has 0 unspecified atom stereocenters. The summed E-state index contributed by atoms with van der Waals surface area (Å²) in [6.45, 7) is 7.96. The SMILES string of the molecule is C=CCN(CCOC)c1ccccc1[C@H](O)CC. The molecule has 0 aliphatic heterocycles. The third kappa shape index (κ3) is 3.86. The van der Waals surface area contributed by atoms with Crippen molar-refractivity contribution in [3.8, 4) is 0 Å². The van der Waals surface area contributed by atoms with Crippen molar-refractivity contribution in [1.29, 1.82) is 0 Å². The number of anilines is 1. The van der Waals surface area contributed by atoms with E-state index in [0.29, 0.717) is 13.0 Å². The molecule has 1 atom stereocenters. The maximum atomic E-state index is 10.1. The molecular weight excluding hydrogens is 226 g/mol. The topological polar surface area (TPSA) is 32.7 Å². The van der Waals surface area contributed by atoms with E-state index >= 15 is 0 Å². The molecule has 1 N–H and O–H groups in total. The first kappa shape index (κ1) is 14.7. The monoisotopic (exact) mass is 249 g/mol. The minimum Gasteiger partial charge on any atom is -0.388 e. The van der Waals surface area contributed by atoms with Crippen molar-refractivity contribution in [2.45, 2.75) is 19.4 Å². The predicted octanol–water partition coefficient (Wildman–Crippen LogP) is 2.77. The highest BCUT2D eigenvalue weighted by Crippen LogP contribution is 2.27. The minimum atomic E-state index is -0.420. The number of benzene rings is 1. The summed E-state index contributed by atoms with van der Waals surface area (Å²) in [5.74, 6) is 0.